The molecule has 0 atom stereocenters. The van der Waals surface area contributed by atoms with Crippen LogP contribution in [0.15, 0.2) is 12.1 Å². The van der Waals surface area contributed by atoms with Crippen LogP contribution < -0.4 is 0 Å². The van der Waals surface area contributed by atoms with Crippen LogP contribution in [0.1, 0.15) is 37.4 Å². The molecule has 0 spiro atoms. The first-order valence-electron chi connectivity index (χ1n) is 4.59. The minimum absolute atomic E-state index is 0.426. The summed E-state index contributed by atoms with van der Waals surface area (Å²) in [7, 11) is 0. The summed E-state index contributed by atoms with van der Waals surface area (Å²) < 4.78 is 0. The van der Waals surface area contributed by atoms with Crippen LogP contribution >= 0.6 is 11.3 Å². The van der Waals surface area contributed by atoms with Gasteiger partial charge in [-0.3, -0.25) is 0 Å². The Bertz CT molecular complexity index is 240. The molecule has 0 radical (unpaired) electrons. The molecule has 0 saturated heterocycles. The summed E-state index contributed by atoms with van der Waals surface area (Å²) in [5, 5.41) is 0. The van der Waals surface area contributed by atoms with Gasteiger partial charge in [-0.1, -0.05) is 27.7 Å². The zero-order valence-corrected chi connectivity index (χ0v) is 9.29. The second-order valence-electron chi connectivity index (χ2n) is 4.46. The van der Waals surface area contributed by atoms with Gasteiger partial charge in [0.2, 0.25) is 0 Å². The molecule has 0 aliphatic rings. The quantitative estimate of drug-likeness (QED) is 0.650. The maximum absolute atomic E-state index is 2.29. The summed E-state index contributed by atoms with van der Waals surface area (Å²) in [6.07, 6.45) is 2.38. The molecule has 1 heterocycles. The SMILES string of the molecule is CCc1ccc(CC(C)(C)C)s1. The second-order valence-corrected chi connectivity index (χ2v) is 5.71. The Morgan fingerprint density at radius 2 is 1.75 bits per heavy atom. The maximum Gasteiger partial charge on any atom is 0.00533 e. The van der Waals surface area contributed by atoms with Crippen LogP contribution in [-0.2, 0) is 12.8 Å². The van der Waals surface area contributed by atoms with Gasteiger partial charge < -0.3 is 0 Å². The second kappa shape index (κ2) is 3.61. The summed E-state index contributed by atoms with van der Waals surface area (Å²) in [5.41, 5.74) is 0.426. The van der Waals surface area contributed by atoms with Gasteiger partial charge in [0.15, 0.2) is 0 Å². The highest BCUT2D eigenvalue weighted by atomic mass is 32.1. The third-order valence-electron chi connectivity index (χ3n) is 1.77. The fourth-order valence-electron chi connectivity index (χ4n) is 1.23. The van der Waals surface area contributed by atoms with Gasteiger partial charge in [0.05, 0.1) is 0 Å². The molecule has 1 aromatic heterocycles. The first kappa shape index (κ1) is 9.79. The molecule has 1 aromatic rings. The van der Waals surface area contributed by atoms with Crippen molar-refractivity contribution >= 4 is 11.3 Å². The van der Waals surface area contributed by atoms with Crippen LogP contribution in [0.3, 0.4) is 0 Å². The molecule has 0 nitrogen and oxygen atoms in total. The lowest BCUT2D eigenvalue weighted by Gasteiger charge is -2.16. The van der Waals surface area contributed by atoms with Gasteiger partial charge >= 0.3 is 0 Å². The van der Waals surface area contributed by atoms with Crippen molar-refractivity contribution in [3.8, 4) is 0 Å². The number of rotatable bonds is 2. The van der Waals surface area contributed by atoms with Crippen LogP contribution in [-0.4, -0.2) is 0 Å². The third kappa shape index (κ3) is 2.98. The van der Waals surface area contributed by atoms with Gasteiger partial charge in [-0.15, -0.1) is 11.3 Å². The van der Waals surface area contributed by atoms with Crippen LogP contribution in [0.5, 0.6) is 0 Å². The van der Waals surface area contributed by atoms with Gasteiger partial charge in [0.25, 0.3) is 0 Å². The molecular weight excluding hydrogens is 164 g/mol. The van der Waals surface area contributed by atoms with E-state index in [1.54, 1.807) is 0 Å². The van der Waals surface area contributed by atoms with Crippen LogP contribution in [0.25, 0.3) is 0 Å². The lowest BCUT2D eigenvalue weighted by molar-refractivity contribution is 0.414. The number of thiophene rings is 1. The van der Waals surface area contributed by atoms with Crippen molar-refractivity contribution in [3.05, 3.63) is 21.9 Å². The van der Waals surface area contributed by atoms with Gasteiger partial charge in [-0.2, -0.15) is 0 Å². The maximum atomic E-state index is 2.29. The third-order valence-corrected chi connectivity index (χ3v) is 3.00. The zero-order chi connectivity index (χ0) is 9.19. The summed E-state index contributed by atoms with van der Waals surface area (Å²) in [6, 6.07) is 4.53. The van der Waals surface area contributed by atoms with Crippen molar-refractivity contribution in [2.24, 2.45) is 5.41 Å². The molecule has 0 aliphatic heterocycles. The molecule has 0 aromatic carbocycles. The normalized spacial score (nSPS) is 12.0. The molecule has 0 N–H and O–H groups in total. The smallest absolute Gasteiger partial charge is 0.00533 e. The Kier molecular flexibility index (Phi) is 2.94. The summed E-state index contributed by atoms with van der Waals surface area (Å²) in [6.45, 7) is 9.09. The molecule has 68 valence electrons. The van der Waals surface area contributed by atoms with Gasteiger partial charge in [0.1, 0.15) is 0 Å². The van der Waals surface area contributed by atoms with Crippen LogP contribution in [0, 0.1) is 5.41 Å². The Morgan fingerprint density at radius 3 is 2.17 bits per heavy atom. The van der Waals surface area contributed by atoms with E-state index < -0.39 is 0 Å². The minimum Gasteiger partial charge on any atom is -0.145 e. The summed E-state index contributed by atoms with van der Waals surface area (Å²) in [4.78, 5) is 3.04. The van der Waals surface area contributed by atoms with Crippen molar-refractivity contribution < 1.29 is 0 Å². The monoisotopic (exact) mass is 182 g/mol. The fourth-order valence-corrected chi connectivity index (χ4v) is 2.49. The molecular formula is C11H18S. The highest BCUT2D eigenvalue weighted by Gasteiger charge is 2.12. The van der Waals surface area contributed by atoms with E-state index in [0.29, 0.717) is 5.41 Å². The molecule has 0 aliphatic carbocycles. The lowest BCUT2D eigenvalue weighted by atomic mass is 9.92. The van der Waals surface area contributed by atoms with Crippen molar-refractivity contribution in [3.63, 3.8) is 0 Å². The van der Waals surface area contributed by atoms with Gasteiger partial charge in [-0.25, -0.2) is 0 Å². The highest BCUT2D eigenvalue weighted by Crippen LogP contribution is 2.25. The average Bonchev–Trinajstić information content (AvgIpc) is 2.32. The Morgan fingerprint density at radius 1 is 1.17 bits per heavy atom. The highest BCUT2D eigenvalue weighted by molar-refractivity contribution is 7.11. The van der Waals surface area contributed by atoms with Crippen molar-refractivity contribution in [1.82, 2.24) is 0 Å². The average molecular weight is 182 g/mol. The molecule has 0 saturated carbocycles. The minimum atomic E-state index is 0.426. The van der Waals surface area contributed by atoms with E-state index in [4.69, 9.17) is 0 Å². The number of hydrogen-bond donors (Lipinski definition) is 0. The van der Waals surface area contributed by atoms with E-state index in [-0.39, 0.29) is 0 Å². The Labute approximate surface area is 79.6 Å². The number of aryl methyl sites for hydroxylation is 1. The molecule has 0 amide bonds. The Balaban J connectivity index is 2.64. The fraction of sp³-hybridized carbons (Fsp3) is 0.636. The van der Waals surface area contributed by atoms with Gasteiger partial charge in [-0.05, 0) is 30.4 Å². The molecule has 0 unspecified atom stereocenters. The zero-order valence-electron chi connectivity index (χ0n) is 8.48. The van der Waals surface area contributed by atoms with Crippen molar-refractivity contribution in [2.75, 3.05) is 0 Å². The predicted octanol–water partition coefficient (Wildman–Crippen LogP) is 3.90. The number of hydrogen-bond acceptors (Lipinski definition) is 1. The molecule has 1 heteroatoms. The van der Waals surface area contributed by atoms with Crippen molar-refractivity contribution in [2.45, 2.75) is 40.5 Å². The van der Waals surface area contributed by atoms with Crippen molar-refractivity contribution in [1.29, 1.82) is 0 Å². The molecule has 0 fully saturated rings. The first-order chi connectivity index (χ1) is 5.51. The van der Waals surface area contributed by atoms with Crippen LogP contribution in [0.4, 0.5) is 0 Å². The van der Waals surface area contributed by atoms with E-state index >= 15 is 0 Å². The lowest BCUT2D eigenvalue weighted by Crippen LogP contribution is -2.07. The van der Waals surface area contributed by atoms with E-state index in [1.807, 2.05) is 11.3 Å². The molecule has 12 heavy (non-hydrogen) atoms. The summed E-state index contributed by atoms with van der Waals surface area (Å²) >= 11 is 1.96. The first-order valence-corrected chi connectivity index (χ1v) is 5.40. The van der Waals surface area contributed by atoms with Crippen LogP contribution in [0.2, 0.25) is 0 Å². The van der Waals surface area contributed by atoms with E-state index in [2.05, 4.69) is 39.8 Å². The topological polar surface area (TPSA) is 0 Å². The molecule has 1 rings (SSSR count). The standard InChI is InChI=1S/C11H18S/c1-5-9-6-7-10(12-9)8-11(2,3)4/h6-7H,5,8H2,1-4H3. The largest absolute Gasteiger partial charge is 0.145 e. The van der Waals surface area contributed by atoms with E-state index in [1.165, 1.54) is 22.6 Å². The van der Waals surface area contributed by atoms with E-state index in [0.717, 1.165) is 0 Å². The van der Waals surface area contributed by atoms with E-state index in [9.17, 15) is 0 Å². The molecule has 0 bridgehead atoms. The predicted molar refractivity (Wildman–Crippen MR) is 56.9 cm³/mol. The summed E-state index contributed by atoms with van der Waals surface area (Å²) in [5.74, 6) is 0. The van der Waals surface area contributed by atoms with Gasteiger partial charge in [0, 0.05) is 9.75 Å². The Hall–Kier alpha value is -0.300.